The molecule has 0 atom stereocenters. The van der Waals surface area contributed by atoms with Gasteiger partial charge in [0.05, 0.1) is 0 Å². The molecule has 0 aromatic heterocycles. The first-order valence-corrected chi connectivity index (χ1v) is 3.87. The summed E-state index contributed by atoms with van der Waals surface area (Å²) < 4.78 is 4.39. The molecular weight excluding hydrogens is 191 g/mol. The molecule has 0 heterocycles. The van der Waals surface area contributed by atoms with Crippen LogP contribution in [-0.4, -0.2) is 11.9 Å². The van der Waals surface area contributed by atoms with E-state index < -0.39 is 17.4 Å². The summed E-state index contributed by atoms with van der Waals surface area (Å²) in [6, 6.07) is 0. The molecule has 0 aliphatic heterocycles. The van der Waals surface area contributed by atoms with Crippen molar-refractivity contribution in [1.82, 2.24) is 0 Å². The maximum absolute atomic E-state index is 11.2. The van der Waals surface area contributed by atoms with Gasteiger partial charge in [0.2, 0.25) is 0 Å². The molecule has 0 unspecified atom stereocenters. The fourth-order valence-electron chi connectivity index (χ4n) is 0.501. The van der Waals surface area contributed by atoms with E-state index in [-0.39, 0.29) is 36.6 Å². The van der Waals surface area contributed by atoms with Gasteiger partial charge in [-0.3, -0.25) is 0 Å². The Morgan fingerprint density at radius 1 is 1.36 bits per heavy atom. The van der Waals surface area contributed by atoms with Crippen molar-refractivity contribution < 1.29 is 45.3 Å². The molecule has 0 saturated heterocycles. The fourth-order valence-corrected chi connectivity index (χ4v) is 0.501. The third kappa shape index (κ3) is 5.37. The molecule has 14 heavy (non-hydrogen) atoms. The first kappa shape index (κ1) is 16.1. The quantitative estimate of drug-likeness (QED) is 0.251. The largest absolute Gasteiger partial charge is 1.00 e. The summed E-state index contributed by atoms with van der Waals surface area (Å²) >= 11 is 0. The minimum atomic E-state index is -0.754. The van der Waals surface area contributed by atoms with E-state index in [1.54, 1.807) is 0 Å². The molecule has 0 radical (unpaired) electrons. The zero-order valence-corrected chi connectivity index (χ0v) is 11.2. The first-order chi connectivity index (χ1) is 5.79. The number of ether oxygens (including phenoxy) is 1. The Hall–Kier alpha value is -0.380. The van der Waals surface area contributed by atoms with E-state index in [9.17, 15) is 9.59 Å². The molecule has 0 N–H and O–H groups in total. The van der Waals surface area contributed by atoms with E-state index in [4.69, 9.17) is 0 Å². The Morgan fingerprint density at radius 2 is 1.79 bits per heavy atom. The average molecular weight is 206 g/mol. The molecule has 0 saturated carbocycles. The van der Waals surface area contributed by atoms with E-state index in [2.05, 4.69) is 17.9 Å². The van der Waals surface area contributed by atoms with Gasteiger partial charge in [0.15, 0.2) is 0 Å². The molecular formula is C10H15NaO3. The van der Waals surface area contributed by atoms with Gasteiger partial charge in [-0.25, -0.2) is 9.59 Å². The zero-order valence-electron chi connectivity index (χ0n) is 10.2. The van der Waals surface area contributed by atoms with E-state index in [1.807, 2.05) is 20.8 Å². The van der Waals surface area contributed by atoms with Gasteiger partial charge in [-0.05, 0) is 5.41 Å². The van der Waals surface area contributed by atoms with Crippen LogP contribution in [0.25, 0.3) is 0 Å². The summed E-state index contributed by atoms with van der Waals surface area (Å²) in [6.45, 7) is 12.2. The van der Waals surface area contributed by atoms with Crippen molar-refractivity contribution in [1.29, 1.82) is 0 Å². The summed E-state index contributed by atoms with van der Waals surface area (Å²) in [5, 5.41) is 0. The normalized spacial score (nSPS) is 9.64. The number of rotatable bonds is 2. The molecule has 0 bridgehead atoms. The second-order valence-electron chi connectivity index (χ2n) is 3.64. The van der Waals surface area contributed by atoms with Crippen molar-refractivity contribution in [3.8, 4) is 0 Å². The molecule has 74 valence electrons. The van der Waals surface area contributed by atoms with E-state index in [0.717, 1.165) is 6.08 Å². The van der Waals surface area contributed by atoms with Crippen LogP contribution < -0.4 is 29.6 Å². The number of hydrogen-bond donors (Lipinski definition) is 0. The van der Waals surface area contributed by atoms with Crippen molar-refractivity contribution in [2.45, 2.75) is 20.8 Å². The SMILES string of the molecule is C=CC(=O)OC(=O)C(=C)C(C)(C)C.[H-].[Na+]. The molecule has 0 fully saturated rings. The van der Waals surface area contributed by atoms with E-state index >= 15 is 0 Å². The summed E-state index contributed by atoms with van der Waals surface area (Å²) in [4.78, 5) is 21.8. The van der Waals surface area contributed by atoms with Gasteiger partial charge in [-0.15, -0.1) is 0 Å². The van der Waals surface area contributed by atoms with Crippen LogP contribution in [0.2, 0.25) is 0 Å². The monoisotopic (exact) mass is 206 g/mol. The molecule has 0 aromatic carbocycles. The van der Waals surface area contributed by atoms with E-state index in [0.29, 0.717) is 0 Å². The summed E-state index contributed by atoms with van der Waals surface area (Å²) in [6.07, 6.45) is 0.938. The predicted octanol–water partition coefficient (Wildman–Crippen LogP) is -1.04. The Labute approximate surface area is 108 Å². The molecule has 0 aromatic rings. The van der Waals surface area contributed by atoms with Gasteiger partial charge in [-0.2, -0.15) is 0 Å². The van der Waals surface area contributed by atoms with Crippen LogP contribution in [0.15, 0.2) is 24.8 Å². The second kappa shape index (κ2) is 6.17. The van der Waals surface area contributed by atoms with Crippen molar-refractivity contribution in [3.05, 3.63) is 24.8 Å². The van der Waals surface area contributed by atoms with Gasteiger partial charge in [-0.1, -0.05) is 33.9 Å². The Kier molecular flexibility index (Phi) is 7.08. The predicted molar refractivity (Wildman–Crippen MR) is 51.0 cm³/mol. The number of carbonyl (C=O) groups is 2. The standard InChI is InChI=1S/C10H14O3.Na.H/c1-6-8(11)13-9(12)7(2)10(3,4)5;;/h6H,1-2H2,3-5H3;;/q;+1;-1. The smallest absolute Gasteiger partial charge is 1.00 e. The number of esters is 2. The Bertz CT molecular complexity index is 266. The summed E-state index contributed by atoms with van der Waals surface area (Å²) in [5.41, 5.74) is -0.124. The van der Waals surface area contributed by atoms with Gasteiger partial charge in [0.25, 0.3) is 0 Å². The summed E-state index contributed by atoms with van der Waals surface area (Å²) in [7, 11) is 0. The van der Waals surface area contributed by atoms with Crippen LogP contribution >= 0.6 is 0 Å². The van der Waals surface area contributed by atoms with Crippen LogP contribution in [0.1, 0.15) is 22.2 Å². The molecule has 0 aliphatic carbocycles. The zero-order chi connectivity index (χ0) is 10.6. The Morgan fingerprint density at radius 3 is 2.07 bits per heavy atom. The van der Waals surface area contributed by atoms with Gasteiger partial charge in [0.1, 0.15) is 0 Å². The number of hydrogen-bond acceptors (Lipinski definition) is 3. The molecule has 4 heteroatoms. The number of carbonyl (C=O) groups excluding carboxylic acids is 2. The van der Waals surface area contributed by atoms with Crippen molar-refractivity contribution in [2.24, 2.45) is 5.41 Å². The van der Waals surface area contributed by atoms with Crippen molar-refractivity contribution in [2.75, 3.05) is 0 Å². The summed E-state index contributed by atoms with van der Waals surface area (Å²) in [5.74, 6) is -1.45. The minimum absolute atomic E-state index is 0. The molecule has 0 aliphatic rings. The van der Waals surface area contributed by atoms with Crippen LogP contribution in [0, 0.1) is 5.41 Å². The maximum Gasteiger partial charge on any atom is 1.00 e. The molecule has 0 amide bonds. The third-order valence-corrected chi connectivity index (χ3v) is 1.51. The third-order valence-electron chi connectivity index (χ3n) is 1.51. The molecule has 0 spiro atoms. The van der Waals surface area contributed by atoms with Crippen molar-refractivity contribution in [3.63, 3.8) is 0 Å². The van der Waals surface area contributed by atoms with Crippen LogP contribution in [0.3, 0.4) is 0 Å². The molecule has 0 rings (SSSR count). The van der Waals surface area contributed by atoms with Gasteiger partial charge >= 0.3 is 41.5 Å². The van der Waals surface area contributed by atoms with Crippen LogP contribution in [-0.2, 0) is 14.3 Å². The van der Waals surface area contributed by atoms with E-state index in [1.165, 1.54) is 0 Å². The molecule has 3 nitrogen and oxygen atoms in total. The van der Waals surface area contributed by atoms with Crippen LogP contribution in [0.5, 0.6) is 0 Å². The van der Waals surface area contributed by atoms with Crippen LogP contribution in [0.4, 0.5) is 0 Å². The average Bonchev–Trinajstić information content (AvgIpc) is 2.01. The van der Waals surface area contributed by atoms with Gasteiger partial charge < -0.3 is 6.16 Å². The Balaban J connectivity index is -0.000000720. The van der Waals surface area contributed by atoms with Crippen molar-refractivity contribution >= 4 is 11.9 Å². The topological polar surface area (TPSA) is 43.4 Å². The first-order valence-electron chi connectivity index (χ1n) is 3.87. The minimum Gasteiger partial charge on any atom is -1.00 e. The second-order valence-corrected chi connectivity index (χ2v) is 3.64. The van der Waals surface area contributed by atoms with Gasteiger partial charge in [0, 0.05) is 11.6 Å². The maximum atomic E-state index is 11.2. The fraction of sp³-hybridized carbons (Fsp3) is 0.400.